The van der Waals surface area contributed by atoms with Crippen molar-refractivity contribution in [2.45, 2.75) is 37.6 Å². The number of sulfonamides is 1. The van der Waals surface area contributed by atoms with Crippen molar-refractivity contribution in [3.8, 4) is 0 Å². The van der Waals surface area contributed by atoms with Crippen molar-refractivity contribution in [1.82, 2.24) is 19.3 Å². The van der Waals surface area contributed by atoms with Crippen LogP contribution in [0.25, 0.3) is 0 Å². The highest BCUT2D eigenvalue weighted by atomic mass is 32.2. The molecule has 1 saturated heterocycles. The highest BCUT2D eigenvalue weighted by Gasteiger charge is 2.31. The third-order valence-electron chi connectivity index (χ3n) is 4.81. The van der Waals surface area contributed by atoms with E-state index in [2.05, 4.69) is 41.5 Å². The van der Waals surface area contributed by atoms with Crippen molar-refractivity contribution >= 4 is 10.0 Å². The third-order valence-corrected chi connectivity index (χ3v) is 6.76. The molecule has 0 spiro atoms. The number of aromatic nitrogens is 3. The van der Waals surface area contributed by atoms with Crippen LogP contribution in [0.5, 0.6) is 0 Å². The molecule has 0 N–H and O–H groups in total. The smallest absolute Gasteiger partial charge is 0.236 e. The third kappa shape index (κ3) is 3.67. The Bertz CT molecular complexity index is 775. The van der Waals surface area contributed by atoms with Gasteiger partial charge in [0.1, 0.15) is 0 Å². The van der Waals surface area contributed by atoms with E-state index in [0.29, 0.717) is 19.0 Å². The van der Waals surface area contributed by atoms with Gasteiger partial charge in [-0.3, -0.25) is 0 Å². The molecule has 0 saturated carbocycles. The molecular formula is C17H24N4O2S. The zero-order valence-electron chi connectivity index (χ0n) is 14.2. The lowest BCUT2D eigenvalue weighted by atomic mass is 9.91. The average molecular weight is 348 g/mol. The van der Waals surface area contributed by atoms with Gasteiger partial charge in [0.05, 0.1) is 6.20 Å². The fourth-order valence-corrected chi connectivity index (χ4v) is 4.72. The van der Waals surface area contributed by atoms with Gasteiger partial charge in [0, 0.05) is 20.1 Å². The van der Waals surface area contributed by atoms with E-state index in [1.165, 1.54) is 22.0 Å². The van der Waals surface area contributed by atoms with Crippen LogP contribution in [0, 0.1) is 12.8 Å². The Morgan fingerprint density at radius 3 is 2.42 bits per heavy atom. The standard InChI is InChI=1S/C17H24N4O2S/c1-14-3-5-15(6-4-14)7-8-16-9-11-21(12-10-16)24(22,23)17-13-18-19-20(17)2/h3-6,13,16H,7-12H2,1-2H3. The molecule has 3 rings (SSSR count). The highest BCUT2D eigenvalue weighted by molar-refractivity contribution is 7.89. The molecule has 1 fully saturated rings. The Balaban J connectivity index is 1.54. The lowest BCUT2D eigenvalue weighted by Crippen LogP contribution is -2.39. The number of hydrogen-bond acceptors (Lipinski definition) is 4. The topological polar surface area (TPSA) is 68.1 Å². The Morgan fingerprint density at radius 2 is 1.83 bits per heavy atom. The van der Waals surface area contributed by atoms with E-state index in [4.69, 9.17) is 0 Å². The second-order valence-electron chi connectivity index (χ2n) is 6.57. The van der Waals surface area contributed by atoms with Gasteiger partial charge >= 0.3 is 0 Å². The molecule has 2 aromatic rings. The van der Waals surface area contributed by atoms with Crippen molar-refractivity contribution in [3.05, 3.63) is 41.6 Å². The minimum Gasteiger partial charge on any atom is -0.236 e. The van der Waals surface area contributed by atoms with E-state index in [-0.39, 0.29) is 5.03 Å². The van der Waals surface area contributed by atoms with Gasteiger partial charge in [0.25, 0.3) is 10.0 Å². The van der Waals surface area contributed by atoms with Crippen LogP contribution in [0.4, 0.5) is 0 Å². The Labute approximate surface area is 143 Å². The lowest BCUT2D eigenvalue weighted by molar-refractivity contribution is 0.262. The molecule has 6 nitrogen and oxygen atoms in total. The molecule has 0 atom stereocenters. The lowest BCUT2D eigenvalue weighted by Gasteiger charge is -2.31. The molecule has 24 heavy (non-hydrogen) atoms. The molecule has 130 valence electrons. The predicted octanol–water partition coefficient (Wildman–Crippen LogP) is 2.16. The maximum absolute atomic E-state index is 12.6. The van der Waals surface area contributed by atoms with Crippen molar-refractivity contribution in [1.29, 1.82) is 0 Å². The molecule has 0 unspecified atom stereocenters. The maximum Gasteiger partial charge on any atom is 0.261 e. The fourth-order valence-electron chi connectivity index (χ4n) is 3.21. The molecule has 7 heteroatoms. The minimum absolute atomic E-state index is 0.167. The van der Waals surface area contributed by atoms with Gasteiger partial charge in [0.15, 0.2) is 5.03 Å². The largest absolute Gasteiger partial charge is 0.261 e. The second-order valence-corrected chi connectivity index (χ2v) is 8.45. The van der Waals surface area contributed by atoms with Crippen molar-refractivity contribution in [3.63, 3.8) is 0 Å². The van der Waals surface area contributed by atoms with E-state index in [9.17, 15) is 8.42 Å². The first-order chi connectivity index (χ1) is 11.5. The van der Waals surface area contributed by atoms with Crippen LogP contribution >= 0.6 is 0 Å². The summed E-state index contributed by atoms with van der Waals surface area (Å²) in [5.41, 5.74) is 2.64. The van der Waals surface area contributed by atoms with E-state index >= 15 is 0 Å². The van der Waals surface area contributed by atoms with Crippen molar-refractivity contribution in [2.24, 2.45) is 13.0 Å². The summed E-state index contributed by atoms with van der Waals surface area (Å²) >= 11 is 0. The molecule has 1 aromatic carbocycles. The number of hydrogen-bond donors (Lipinski definition) is 0. The van der Waals surface area contributed by atoms with E-state index in [1.807, 2.05) is 0 Å². The summed E-state index contributed by atoms with van der Waals surface area (Å²) in [6.45, 7) is 3.25. The van der Waals surface area contributed by atoms with Gasteiger partial charge in [-0.15, -0.1) is 5.10 Å². The molecule has 2 heterocycles. The Morgan fingerprint density at radius 1 is 1.17 bits per heavy atom. The molecule has 0 aliphatic carbocycles. The SMILES string of the molecule is Cc1ccc(CCC2CCN(S(=O)(=O)c3cnnn3C)CC2)cc1. The van der Waals surface area contributed by atoms with Crippen LogP contribution in [0.2, 0.25) is 0 Å². The van der Waals surface area contributed by atoms with Crippen LogP contribution in [-0.2, 0) is 23.5 Å². The van der Waals surface area contributed by atoms with Crippen LogP contribution in [0.1, 0.15) is 30.4 Å². The monoisotopic (exact) mass is 348 g/mol. The van der Waals surface area contributed by atoms with E-state index < -0.39 is 10.0 Å². The maximum atomic E-state index is 12.6. The second kappa shape index (κ2) is 7.03. The first-order valence-electron chi connectivity index (χ1n) is 8.37. The Kier molecular flexibility index (Phi) is 5.01. The minimum atomic E-state index is -3.47. The van der Waals surface area contributed by atoms with Gasteiger partial charge in [-0.25, -0.2) is 13.1 Å². The van der Waals surface area contributed by atoms with Crippen LogP contribution in [-0.4, -0.2) is 40.8 Å². The summed E-state index contributed by atoms with van der Waals surface area (Å²) in [5, 5.41) is 7.56. The Hall–Kier alpha value is -1.73. The number of rotatable bonds is 5. The highest BCUT2D eigenvalue weighted by Crippen LogP contribution is 2.26. The zero-order chi connectivity index (χ0) is 17.2. The van der Waals surface area contributed by atoms with Gasteiger partial charge in [-0.2, -0.15) is 4.31 Å². The van der Waals surface area contributed by atoms with Crippen LogP contribution < -0.4 is 0 Å². The summed E-state index contributed by atoms with van der Waals surface area (Å²) in [5.74, 6) is 0.586. The molecule has 0 radical (unpaired) electrons. The number of aryl methyl sites for hydroxylation is 3. The molecule has 0 bridgehead atoms. The summed E-state index contributed by atoms with van der Waals surface area (Å²) in [6.07, 6.45) is 5.32. The quantitative estimate of drug-likeness (QED) is 0.830. The number of benzene rings is 1. The summed E-state index contributed by atoms with van der Waals surface area (Å²) in [7, 11) is -1.87. The molecule has 1 aromatic heterocycles. The molecule has 1 aliphatic heterocycles. The van der Waals surface area contributed by atoms with E-state index in [1.54, 1.807) is 11.4 Å². The summed E-state index contributed by atoms with van der Waals surface area (Å²) in [4.78, 5) is 0. The van der Waals surface area contributed by atoms with Crippen molar-refractivity contribution in [2.75, 3.05) is 13.1 Å². The van der Waals surface area contributed by atoms with Crippen LogP contribution in [0.3, 0.4) is 0 Å². The summed E-state index contributed by atoms with van der Waals surface area (Å²) in [6, 6.07) is 8.66. The van der Waals surface area contributed by atoms with Gasteiger partial charge < -0.3 is 0 Å². The molecule has 0 amide bonds. The first kappa shape index (κ1) is 17.1. The van der Waals surface area contributed by atoms with Gasteiger partial charge in [0.2, 0.25) is 0 Å². The van der Waals surface area contributed by atoms with E-state index in [0.717, 1.165) is 25.7 Å². The normalized spacial score (nSPS) is 17.2. The predicted molar refractivity (Wildman–Crippen MR) is 92.0 cm³/mol. The first-order valence-corrected chi connectivity index (χ1v) is 9.81. The number of piperidine rings is 1. The van der Waals surface area contributed by atoms with Crippen molar-refractivity contribution < 1.29 is 8.42 Å². The van der Waals surface area contributed by atoms with Gasteiger partial charge in [-0.05, 0) is 44.1 Å². The zero-order valence-corrected chi connectivity index (χ0v) is 15.0. The van der Waals surface area contributed by atoms with Gasteiger partial charge in [-0.1, -0.05) is 35.0 Å². The fraction of sp³-hybridized carbons (Fsp3) is 0.529. The molecular weight excluding hydrogens is 324 g/mol. The van der Waals surface area contributed by atoms with Crippen LogP contribution in [0.15, 0.2) is 35.5 Å². The molecule has 1 aliphatic rings. The number of nitrogens with zero attached hydrogens (tertiary/aromatic N) is 4. The summed E-state index contributed by atoms with van der Waals surface area (Å²) < 4.78 is 28.1. The average Bonchev–Trinajstić information content (AvgIpc) is 3.02.